The molecule has 2 heterocycles. The van der Waals surface area contributed by atoms with E-state index < -0.39 is 30.0 Å². The largest absolute Gasteiger partial charge is 0.573 e. The first kappa shape index (κ1) is 27.0. The highest BCUT2D eigenvalue weighted by Crippen LogP contribution is 2.38. The van der Waals surface area contributed by atoms with E-state index in [-0.39, 0.29) is 5.91 Å². The number of nitrogens with zero attached hydrogens (tertiary/aromatic N) is 3. The van der Waals surface area contributed by atoms with Crippen molar-refractivity contribution in [3.63, 3.8) is 0 Å². The first-order chi connectivity index (χ1) is 17.8. The number of halogens is 6. The van der Waals surface area contributed by atoms with Gasteiger partial charge in [-0.3, -0.25) is 14.7 Å². The zero-order chi connectivity index (χ0) is 27.7. The van der Waals surface area contributed by atoms with Crippen LogP contribution in [0.5, 0.6) is 5.75 Å². The predicted molar refractivity (Wildman–Crippen MR) is 128 cm³/mol. The molecule has 1 atom stereocenters. The molecule has 0 fully saturated rings. The van der Waals surface area contributed by atoms with Gasteiger partial charge in [-0.1, -0.05) is 35.9 Å². The number of carbonyl (C=O) groups excluding carboxylic acids is 1. The van der Waals surface area contributed by atoms with E-state index in [0.717, 1.165) is 35.5 Å². The Kier molecular flexibility index (Phi) is 7.39. The van der Waals surface area contributed by atoms with Crippen molar-refractivity contribution in [2.45, 2.75) is 31.9 Å². The fourth-order valence-electron chi connectivity index (χ4n) is 4.18. The summed E-state index contributed by atoms with van der Waals surface area (Å²) in [7, 11) is 1.69. The van der Waals surface area contributed by atoms with Gasteiger partial charge in [-0.25, -0.2) is 0 Å². The number of aromatic nitrogens is 1. The van der Waals surface area contributed by atoms with Crippen molar-refractivity contribution >= 4 is 11.6 Å². The van der Waals surface area contributed by atoms with E-state index in [9.17, 15) is 31.1 Å². The zero-order valence-electron chi connectivity index (χ0n) is 20.3. The number of ether oxygens (including phenoxy) is 1. The number of pyridine rings is 1. The summed E-state index contributed by atoms with van der Waals surface area (Å²) in [5.74, 6) is -0.774. The number of carbonyl (C=O) groups is 1. The van der Waals surface area contributed by atoms with E-state index in [1.165, 1.54) is 23.1 Å². The van der Waals surface area contributed by atoms with E-state index in [1.54, 1.807) is 18.0 Å². The highest BCUT2D eigenvalue weighted by atomic mass is 19.4. The van der Waals surface area contributed by atoms with Crippen LogP contribution in [-0.2, 0) is 17.4 Å². The van der Waals surface area contributed by atoms with Crippen LogP contribution in [0.4, 0.5) is 32.0 Å². The Morgan fingerprint density at radius 1 is 1.00 bits per heavy atom. The lowest BCUT2D eigenvalue weighted by Gasteiger charge is -2.27. The fourth-order valence-corrected chi connectivity index (χ4v) is 4.18. The van der Waals surface area contributed by atoms with Crippen LogP contribution in [0.3, 0.4) is 0 Å². The standard InChI is InChI=1S/C27H23F6N3O2/c1-17-4-3-5-19(14-17)22-15-23(35(2)13-12-18-6-11-24(34-16-18)26(28,29)30)25(37)36(22)20-7-9-21(10-8-20)38-27(31,32)33/h3-11,14-16,22H,12-13H2,1-2H3. The van der Waals surface area contributed by atoms with Crippen molar-refractivity contribution < 1.29 is 35.9 Å². The second-order valence-electron chi connectivity index (χ2n) is 8.85. The van der Waals surface area contributed by atoms with Gasteiger partial charge in [0.2, 0.25) is 0 Å². The molecule has 0 spiro atoms. The van der Waals surface area contributed by atoms with Gasteiger partial charge in [0.1, 0.15) is 17.1 Å². The van der Waals surface area contributed by atoms with Gasteiger partial charge in [0.05, 0.1) is 6.04 Å². The summed E-state index contributed by atoms with van der Waals surface area (Å²) in [6, 6.07) is 14.3. The molecule has 200 valence electrons. The lowest BCUT2D eigenvalue weighted by atomic mass is 10.0. The highest BCUT2D eigenvalue weighted by molar-refractivity contribution is 6.08. The van der Waals surface area contributed by atoms with Gasteiger partial charge >= 0.3 is 12.5 Å². The minimum atomic E-state index is -4.84. The normalized spacial score (nSPS) is 16.0. The number of anilines is 1. The van der Waals surface area contributed by atoms with Gasteiger partial charge in [-0.15, -0.1) is 13.2 Å². The molecule has 0 saturated carbocycles. The lowest BCUT2D eigenvalue weighted by Crippen LogP contribution is -2.33. The number of amides is 1. The maximum Gasteiger partial charge on any atom is 0.573 e. The minimum absolute atomic E-state index is 0.317. The molecule has 1 aromatic heterocycles. The molecule has 38 heavy (non-hydrogen) atoms. The molecular formula is C27H23F6N3O2. The summed E-state index contributed by atoms with van der Waals surface area (Å²) in [5.41, 5.74) is 2.10. The summed E-state index contributed by atoms with van der Waals surface area (Å²) in [4.78, 5) is 20.2. The Morgan fingerprint density at radius 2 is 1.71 bits per heavy atom. The third-order valence-corrected chi connectivity index (χ3v) is 6.03. The number of aryl methyl sites for hydroxylation is 1. The van der Waals surface area contributed by atoms with E-state index in [2.05, 4.69) is 9.72 Å². The third kappa shape index (κ3) is 6.27. The Hall–Kier alpha value is -4.02. The quantitative estimate of drug-likeness (QED) is 0.326. The average Bonchev–Trinajstić information content (AvgIpc) is 3.19. The van der Waals surface area contributed by atoms with E-state index in [4.69, 9.17) is 0 Å². The number of benzene rings is 2. The molecule has 1 aliphatic rings. The van der Waals surface area contributed by atoms with Crippen LogP contribution >= 0.6 is 0 Å². The van der Waals surface area contributed by atoms with Gasteiger partial charge in [-0.2, -0.15) is 13.2 Å². The third-order valence-electron chi connectivity index (χ3n) is 6.03. The first-order valence-electron chi connectivity index (χ1n) is 11.5. The Labute approximate surface area is 215 Å². The Morgan fingerprint density at radius 3 is 2.29 bits per heavy atom. The van der Waals surface area contributed by atoms with E-state index in [1.807, 2.05) is 31.2 Å². The van der Waals surface area contributed by atoms with Gasteiger partial charge < -0.3 is 9.64 Å². The van der Waals surface area contributed by atoms with Crippen molar-refractivity contribution in [3.05, 3.63) is 101 Å². The summed E-state index contributed by atoms with van der Waals surface area (Å²) in [6.45, 7) is 2.22. The van der Waals surface area contributed by atoms with Gasteiger partial charge in [0.25, 0.3) is 5.91 Å². The maximum atomic E-state index is 13.6. The van der Waals surface area contributed by atoms with Crippen LogP contribution in [0.15, 0.2) is 78.6 Å². The van der Waals surface area contributed by atoms with Crippen molar-refractivity contribution in [1.82, 2.24) is 9.88 Å². The minimum Gasteiger partial charge on any atom is -0.406 e. The van der Waals surface area contributed by atoms with Crippen LogP contribution in [0.25, 0.3) is 0 Å². The fraction of sp³-hybridized carbons (Fsp3) is 0.259. The summed E-state index contributed by atoms with van der Waals surface area (Å²) < 4.78 is 80.0. The molecule has 0 radical (unpaired) electrons. The Bertz CT molecular complexity index is 1320. The van der Waals surface area contributed by atoms with Crippen LogP contribution in [-0.4, -0.2) is 35.7 Å². The predicted octanol–water partition coefficient (Wildman–Crippen LogP) is 6.45. The molecule has 1 unspecified atom stereocenters. The highest BCUT2D eigenvalue weighted by Gasteiger charge is 2.37. The Balaban J connectivity index is 1.57. The molecule has 0 N–H and O–H groups in total. The molecular weight excluding hydrogens is 512 g/mol. The number of hydrogen-bond donors (Lipinski definition) is 0. The van der Waals surface area contributed by atoms with Crippen LogP contribution in [0, 0.1) is 6.92 Å². The number of alkyl halides is 6. The van der Waals surface area contributed by atoms with Crippen LogP contribution in [0.2, 0.25) is 0 Å². The summed E-state index contributed by atoms with van der Waals surface area (Å²) in [5, 5.41) is 0. The van der Waals surface area contributed by atoms with E-state index >= 15 is 0 Å². The topological polar surface area (TPSA) is 45.7 Å². The summed E-state index contributed by atoms with van der Waals surface area (Å²) in [6.07, 6.45) is -6.10. The SMILES string of the molecule is Cc1cccc(C2C=C(N(C)CCc3ccc(C(F)(F)F)nc3)C(=O)N2c2ccc(OC(F)(F)F)cc2)c1. The average molecular weight is 535 g/mol. The maximum absolute atomic E-state index is 13.6. The molecule has 4 rings (SSSR count). The smallest absolute Gasteiger partial charge is 0.406 e. The monoisotopic (exact) mass is 535 g/mol. The lowest BCUT2D eigenvalue weighted by molar-refractivity contribution is -0.274. The molecule has 1 amide bonds. The molecule has 11 heteroatoms. The number of likely N-dealkylation sites (N-methyl/N-ethyl adjacent to an activating group) is 1. The zero-order valence-corrected chi connectivity index (χ0v) is 20.3. The summed E-state index contributed by atoms with van der Waals surface area (Å²) >= 11 is 0. The van der Waals surface area contributed by atoms with Crippen molar-refractivity contribution in [2.75, 3.05) is 18.5 Å². The van der Waals surface area contributed by atoms with E-state index in [0.29, 0.717) is 29.9 Å². The molecule has 0 bridgehead atoms. The first-order valence-corrected chi connectivity index (χ1v) is 11.5. The van der Waals surface area contributed by atoms with Crippen LogP contribution in [0.1, 0.15) is 28.4 Å². The van der Waals surface area contributed by atoms with Crippen molar-refractivity contribution in [3.8, 4) is 5.75 Å². The number of hydrogen-bond acceptors (Lipinski definition) is 4. The molecule has 2 aromatic carbocycles. The second kappa shape index (κ2) is 10.4. The molecule has 5 nitrogen and oxygen atoms in total. The van der Waals surface area contributed by atoms with Crippen LogP contribution < -0.4 is 9.64 Å². The van der Waals surface area contributed by atoms with Gasteiger partial charge in [0.15, 0.2) is 0 Å². The second-order valence-corrected chi connectivity index (χ2v) is 8.85. The van der Waals surface area contributed by atoms with Crippen molar-refractivity contribution in [1.29, 1.82) is 0 Å². The molecule has 3 aromatic rings. The molecule has 0 saturated heterocycles. The van der Waals surface area contributed by atoms with Gasteiger partial charge in [-0.05, 0) is 60.9 Å². The van der Waals surface area contributed by atoms with Gasteiger partial charge in [0, 0.05) is 25.5 Å². The molecule has 0 aliphatic carbocycles. The molecule has 1 aliphatic heterocycles. The van der Waals surface area contributed by atoms with Crippen molar-refractivity contribution in [2.24, 2.45) is 0 Å². The number of rotatable bonds is 7.